The Morgan fingerprint density at radius 1 is 0.625 bits per heavy atom. The van der Waals surface area contributed by atoms with Crippen molar-refractivity contribution in [1.29, 1.82) is 0 Å². The molecule has 4 aliphatic rings. The highest BCUT2D eigenvalue weighted by Gasteiger charge is 2.33. The molecule has 6 unspecified atom stereocenters. The van der Waals surface area contributed by atoms with E-state index in [9.17, 15) is 19.7 Å². The van der Waals surface area contributed by atoms with Gasteiger partial charge in [0.2, 0.25) is 0 Å². The average molecular weight is 967 g/mol. The molecule has 0 bridgehead atoms. The molecule has 2 saturated heterocycles. The second kappa shape index (κ2) is 20.9. The van der Waals surface area contributed by atoms with Gasteiger partial charge in [0.25, 0.3) is 0 Å². The number of phenols is 3. The molecule has 0 aromatic heterocycles. The third-order valence-corrected chi connectivity index (χ3v) is 14.9. The first-order valence-corrected chi connectivity index (χ1v) is 25.3. The monoisotopic (exact) mass is 966 g/mol. The van der Waals surface area contributed by atoms with E-state index in [1.54, 1.807) is 36.4 Å². The molecule has 0 aliphatic carbocycles. The van der Waals surface area contributed by atoms with Gasteiger partial charge in [0.05, 0.1) is 6.04 Å². The average Bonchev–Trinajstić information content (AvgIpc) is 4.03. The van der Waals surface area contributed by atoms with Gasteiger partial charge in [-0.25, -0.2) is 4.39 Å². The fraction of sp³-hybridized carbons (Fsp3) is 0.323. The summed E-state index contributed by atoms with van der Waals surface area (Å²) in [6.07, 6.45) is 2.07. The predicted octanol–water partition coefficient (Wildman–Crippen LogP) is 12.7. The van der Waals surface area contributed by atoms with Crippen molar-refractivity contribution in [1.82, 2.24) is 9.80 Å². The summed E-state index contributed by atoms with van der Waals surface area (Å²) in [4.78, 5) is 5.00. The van der Waals surface area contributed by atoms with Crippen LogP contribution in [-0.2, 0) is 0 Å². The molecular weight excluding hydrogens is 904 g/mol. The molecule has 10 heteroatoms. The van der Waals surface area contributed by atoms with E-state index >= 15 is 0 Å². The Morgan fingerprint density at radius 3 is 1.67 bits per heavy atom. The molecule has 0 amide bonds. The minimum atomic E-state index is -0.702. The van der Waals surface area contributed by atoms with Gasteiger partial charge in [-0.15, -0.1) is 0 Å². The second-order valence-electron chi connectivity index (χ2n) is 20.2. The number of nitrogens with zero attached hydrogens (tertiary/aromatic N) is 2. The number of ether oxygens (including phenoxy) is 4. The summed E-state index contributed by atoms with van der Waals surface area (Å²) in [5.41, 5.74) is 9.71. The van der Waals surface area contributed by atoms with E-state index in [4.69, 9.17) is 18.9 Å². The zero-order chi connectivity index (χ0) is 50.0. The number of phenolic OH excluding ortho intramolecular Hbond substituents is 3. The Bertz CT molecular complexity index is 3060. The summed E-state index contributed by atoms with van der Waals surface area (Å²) < 4.78 is 40.3. The predicted molar refractivity (Wildman–Crippen MR) is 282 cm³/mol. The molecule has 6 aromatic carbocycles. The summed E-state index contributed by atoms with van der Waals surface area (Å²) in [6, 6.07) is 39.5. The molecule has 0 radical (unpaired) electrons. The van der Waals surface area contributed by atoms with Crippen LogP contribution in [0.2, 0.25) is 0 Å². The molecule has 9 nitrogen and oxygen atoms in total. The highest BCUT2D eigenvalue weighted by Crippen LogP contribution is 2.49. The smallest absolute Gasteiger partial charge is 0.164 e. The van der Waals surface area contributed by atoms with Crippen molar-refractivity contribution in [3.8, 4) is 52.1 Å². The standard InChI is InChI=1S/C62H63FN2O7/c1-38-27-29-64(34-38)40(3)36-69-51-20-13-45(14-21-51)61-59(41(4)53-32-49(66)18-25-57(53)71-61)44-11-9-43(10-12-44)7-6-8-48(65-30-28-39(2)35-65)37-70-52-22-15-46(16-23-52)62-60(47-17-24-55(63)56(68)31-47)42(5)54-33-50(67)19-26-58(54)72-62/h9-26,31-33,38-40,48,61-62,66-68H,8,27-30,34-37H2,1-5H3. The lowest BCUT2D eigenvalue weighted by Crippen LogP contribution is -2.37. The SMILES string of the molecule is CC1=C(c2ccc(C#CCC(COc3ccc(C4Oc5ccc(O)cc5C(C)=C4c4ccc(F)c(O)c4)cc3)N3CCC(C)C3)cc2)C(c2ccc(OCC(C)N3CCC(C)C3)cc2)Oc2ccc(O)cc21. The van der Waals surface area contributed by atoms with Crippen molar-refractivity contribution in [3.63, 3.8) is 0 Å². The number of fused-ring (bicyclic) bond motifs is 2. The van der Waals surface area contributed by atoms with Crippen molar-refractivity contribution < 1.29 is 38.7 Å². The van der Waals surface area contributed by atoms with Crippen LogP contribution in [0.3, 0.4) is 0 Å². The van der Waals surface area contributed by atoms with Crippen LogP contribution in [0.5, 0.6) is 40.2 Å². The Morgan fingerprint density at radius 2 is 1.14 bits per heavy atom. The van der Waals surface area contributed by atoms with E-state index in [1.165, 1.54) is 18.6 Å². The van der Waals surface area contributed by atoms with E-state index in [1.807, 2.05) is 49.4 Å². The molecule has 2 fully saturated rings. The van der Waals surface area contributed by atoms with Gasteiger partial charge in [-0.1, -0.05) is 68.2 Å². The van der Waals surface area contributed by atoms with Crippen molar-refractivity contribution in [2.24, 2.45) is 11.8 Å². The number of halogens is 1. The number of allylic oxidation sites excluding steroid dienone is 2. The highest BCUT2D eigenvalue weighted by molar-refractivity contribution is 5.97. The zero-order valence-electron chi connectivity index (χ0n) is 41.7. The highest BCUT2D eigenvalue weighted by atomic mass is 19.1. The van der Waals surface area contributed by atoms with E-state index in [0.717, 1.165) is 111 Å². The fourth-order valence-corrected chi connectivity index (χ4v) is 10.7. The minimum absolute atomic E-state index is 0.0813. The largest absolute Gasteiger partial charge is 0.508 e. The van der Waals surface area contributed by atoms with Crippen molar-refractivity contribution in [2.45, 2.75) is 78.2 Å². The summed E-state index contributed by atoms with van der Waals surface area (Å²) in [7, 11) is 0. The van der Waals surface area contributed by atoms with Crippen LogP contribution in [-0.4, -0.2) is 76.6 Å². The number of benzene rings is 6. The summed E-state index contributed by atoms with van der Waals surface area (Å²) in [5, 5.41) is 31.1. The Kier molecular flexibility index (Phi) is 14.0. The van der Waals surface area contributed by atoms with Crippen LogP contribution in [0.4, 0.5) is 4.39 Å². The van der Waals surface area contributed by atoms with Crippen molar-refractivity contribution in [3.05, 3.63) is 172 Å². The lowest BCUT2D eigenvalue weighted by atomic mass is 9.86. The topological polar surface area (TPSA) is 104 Å². The molecule has 4 aliphatic heterocycles. The van der Waals surface area contributed by atoms with Gasteiger partial charge < -0.3 is 34.3 Å². The molecule has 10 rings (SSSR count). The number of hydrogen-bond acceptors (Lipinski definition) is 9. The van der Waals surface area contributed by atoms with Crippen molar-refractivity contribution >= 4 is 22.3 Å². The van der Waals surface area contributed by atoms with Gasteiger partial charge in [-0.2, -0.15) is 0 Å². The molecule has 0 saturated carbocycles. The maximum absolute atomic E-state index is 14.2. The third-order valence-electron chi connectivity index (χ3n) is 14.9. The summed E-state index contributed by atoms with van der Waals surface area (Å²) >= 11 is 0. The van der Waals surface area contributed by atoms with Crippen LogP contribution >= 0.6 is 0 Å². The first kappa shape index (κ1) is 48.4. The Balaban J connectivity index is 0.834. The first-order valence-electron chi connectivity index (χ1n) is 25.3. The van der Waals surface area contributed by atoms with Crippen LogP contribution in [0.25, 0.3) is 22.3 Å². The Hall–Kier alpha value is -7.19. The van der Waals surface area contributed by atoms with E-state index in [2.05, 4.69) is 85.7 Å². The first-order chi connectivity index (χ1) is 34.8. The molecule has 72 heavy (non-hydrogen) atoms. The van der Waals surface area contributed by atoms with Gasteiger partial charge in [0, 0.05) is 53.4 Å². The van der Waals surface area contributed by atoms with E-state index in [-0.39, 0.29) is 23.6 Å². The maximum atomic E-state index is 14.2. The molecule has 0 spiro atoms. The number of likely N-dealkylation sites (tertiary alicyclic amines) is 2. The molecule has 3 N–H and O–H groups in total. The van der Waals surface area contributed by atoms with Crippen LogP contribution in [0.1, 0.15) is 105 Å². The second-order valence-corrected chi connectivity index (χ2v) is 20.2. The van der Waals surface area contributed by atoms with Crippen LogP contribution in [0.15, 0.2) is 127 Å². The number of aromatic hydroxyl groups is 3. The zero-order valence-corrected chi connectivity index (χ0v) is 41.7. The summed E-state index contributed by atoms with van der Waals surface area (Å²) in [6.45, 7) is 16.2. The number of rotatable bonds is 13. The lowest BCUT2D eigenvalue weighted by molar-refractivity contribution is 0.159. The minimum Gasteiger partial charge on any atom is -0.508 e. The maximum Gasteiger partial charge on any atom is 0.164 e. The molecule has 6 atom stereocenters. The van der Waals surface area contributed by atoms with Gasteiger partial charge in [-0.05, 0) is 177 Å². The molecule has 4 heterocycles. The van der Waals surface area contributed by atoms with Gasteiger partial charge >= 0.3 is 0 Å². The molecule has 370 valence electrons. The van der Waals surface area contributed by atoms with Crippen molar-refractivity contribution in [2.75, 3.05) is 39.4 Å². The lowest BCUT2D eigenvalue weighted by Gasteiger charge is -2.31. The normalized spacial score (nSPS) is 20.7. The van der Waals surface area contributed by atoms with Crippen LogP contribution < -0.4 is 18.9 Å². The molecular formula is C62H63FN2O7. The van der Waals surface area contributed by atoms with E-state index in [0.29, 0.717) is 42.9 Å². The molecule has 6 aromatic rings. The van der Waals surface area contributed by atoms with Crippen LogP contribution in [0, 0.1) is 29.5 Å². The van der Waals surface area contributed by atoms with Gasteiger partial charge in [0.1, 0.15) is 59.9 Å². The quantitative estimate of drug-likeness (QED) is 0.0976. The summed E-state index contributed by atoms with van der Waals surface area (Å²) in [5.74, 6) is 10.3. The van der Waals surface area contributed by atoms with Gasteiger partial charge in [0.15, 0.2) is 11.6 Å². The van der Waals surface area contributed by atoms with Gasteiger partial charge in [-0.3, -0.25) is 9.80 Å². The Labute approximate surface area is 422 Å². The number of hydrogen-bond donors (Lipinski definition) is 3. The fourth-order valence-electron chi connectivity index (χ4n) is 10.7. The van der Waals surface area contributed by atoms with E-state index < -0.39 is 17.7 Å². The third kappa shape index (κ3) is 10.4.